The predicted molar refractivity (Wildman–Crippen MR) is 120 cm³/mol. The van der Waals surface area contributed by atoms with Crippen LogP contribution in [-0.2, 0) is 23.3 Å². The molecule has 3 rings (SSSR count). The van der Waals surface area contributed by atoms with Crippen LogP contribution in [0.3, 0.4) is 0 Å². The Morgan fingerprint density at radius 2 is 1.94 bits per heavy atom. The van der Waals surface area contributed by atoms with Crippen LogP contribution in [0.5, 0.6) is 0 Å². The van der Waals surface area contributed by atoms with Gasteiger partial charge in [0.05, 0.1) is 31.7 Å². The zero-order valence-corrected chi connectivity index (χ0v) is 18.5. The van der Waals surface area contributed by atoms with Crippen LogP contribution in [0.4, 0.5) is 11.6 Å². The van der Waals surface area contributed by atoms with E-state index in [-0.39, 0.29) is 11.3 Å². The largest absolute Gasteiger partial charge is 0.382 e. The van der Waals surface area contributed by atoms with E-state index in [0.717, 1.165) is 5.69 Å². The van der Waals surface area contributed by atoms with Crippen LogP contribution in [0.1, 0.15) is 37.1 Å². The van der Waals surface area contributed by atoms with Crippen molar-refractivity contribution in [3.8, 4) is 0 Å². The molecule has 3 aromatic rings. The van der Waals surface area contributed by atoms with Gasteiger partial charge in [-0.15, -0.1) is 5.10 Å². The van der Waals surface area contributed by atoms with E-state index < -0.39 is 0 Å². The van der Waals surface area contributed by atoms with E-state index in [2.05, 4.69) is 70.6 Å². The molecule has 2 heterocycles. The molecule has 0 saturated carbocycles. The Bertz CT molecular complexity index is 995. The zero-order chi connectivity index (χ0) is 22.4. The number of nitrogens with two attached hydrogens (primary N) is 1. The Morgan fingerprint density at radius 1 is 1.19 bits per heavy atom. The highest BCUT2D eigenvalue weighted by Crippen LogP contribution is 2.22. The number of nitrogens with zero attached hydrogens (tertiary/aromatic N) is 6. The molecule has 31 heavy (non-hydrogen) atoms. The molecule has 0 radical (unpaired) electrons. The number of hydrogen-bond acceptors (Lipinski definition) is 7. The molecule has 0 unspecified atom stereocenters. The molecular formula is C22H30N8O. The maximum atomic E-state index is 12.3. The molecule has 2 aromatic heterocycles. The van der Waals surface area contributed by atoms with Crippen LogP contribution in [0, 0.1) is 6.92 Å². The molecule has 1 aromatic carbocycles. The summed E-state index contributed by atoms with van der Waals surface area (Å²) in [5.41, 5.74) is 8.64. The van der Waals surface area contributed by atoms with E-state index in [9.17, 15) is 4.79 Å². The lowest BCUT2D eigenvalue weighted by molar-refractivity contribution is -0.121. The topological polar surface area (TPSA) is 115 Å². The maximum absolute atomic E-state index is 12.3. The molecule has 3 N–H and O–H groups in total. The number of benzene rings is 1. The van der Waals surface area contributed by atoms with Crippen LogP contribution < -0.4 is 16.0 Å². The third-order valence-corrected chi connectivity index (χ3v) is 5.16. The molecule has 9 heteroatoms. The first-order valence-electron chi connectivity index (χ1n) is 10.2. The second-order valence-corrected chi connectivity index (χ2v) is 8.41. The van der Waals surface area contributed by atoms with Gasteiger partial charge in [-0.25, -0.2) is 9.97 Å². The fourth-order valence-corrected chi connectivity index (χ4v) is 3.10. The van der Waals surface area contributed by atoms with Gasteiger partial charge in [0.15, 0.2) is 0 Å². The summed E-state index contributed by atoms with van der Waals surface area (Å²) in [4.78, 5) is 22.5. The number of nitrogens with one attached hydrogen (secondary N) is 1. The third kappa shape index (κ3) is 6.24. The van der Waals surface area contributed by atoms with Crippen molar-refractivity contribution < 1.29 is 4.79 Å². The highest BCUT2D eigenvalue weighted by Gasteiger charge is 2.21. The summed E-state index contributed by atoms with van der Waals surface area (Å²) in [6.45, 7) is 7.89. The Hall–Kier alpha value is -3.49. The van der Waals surface area contributed by atoms with E-state index >= 15 is 0 Å². The average Bonchev–Trinajstić information content (AvgIpc) is 3.19. The maximum Gasteiger partial charge on any atom is 0.221 e. The van der Waals surface area contributed by atoms with Crippen molar-refractivity contribution in [2.75, 3.05) is 24.2 Å². The van der Waals surface area contributed by atoms with Gasteiger partial charge in [-0.2, -0.15) is 0 Å². The van der Waals surface area contributed by atoms with Crippen molar-refractivity contribution in [1.82, 2.24) is 30.3 Å². The number of nitrogen functional groups attached to an aromatic ring is 1. The van der Waals surface area contributed by atoms with Gasteiger partial charge in [-0.3, -0.25) is 9.48 Å². The minimum atomic E-state index is -0.140. The Morgan fingerprint density at radius 3 is 2.61 bits per heavy atom. The lowest BCUT2D eigenvalue weighted by Crippen LogP contribution is -2.37. The molecular weight excluding hydrogens is 392 g/mol. The van der Waals surface area contributed by atoms with Crippen LogP contribution in [-0.4, -0.2) is 44.5 Å². The van der Waals surface area contributed by atoms with Gasteiger partial charge in [-0.1, -0.05) is 48.9 Å². The smallest absolute Gasteiger partial charge is 0.221 e. The predicted octanol–water partition coefficient (Wildman–Crippen LogP) is 2.08. The minimum absolute atomic E-state index is 0.00787. The lowest BCUT2D eigenvalue weighted by Gasteiger charge is -2.26. The van der Waals surface area contributed by atoms with Gasteiger partial charge >= 0.3 is 0 Å². The molecule has 0 saturated heterocycles. The molecule has 0 spiro atoms. The summed E-state index contributed by atoms with van der Waals surface area (Å²) >= 11 is 0. The first kappa shape index (κ1) is 22.2. The van der Waals surface area contributed by atoms with Crippen molar-refractivity contribution in [1.29, 1.82) is 0 Å². The Balaban J connectivity index is 1.46. The number of rotatable bonds is 9. The summed E-state index contributed by atoms with van der Waals surface area (Å²) in [7, 11) is 1.89. The van der Waals surface area contributed by atoms with E-state index in [1.54, 1.807) is 10.9 Å². The molecule has 0 bridgehead atoms. The first-order valence-corrected chi connectivity index (χ1v) is 10.2. The van der Waals surface area contributed by atoms with Crippen molar-refractivity contribution in [3.63, 3.8) is 0 Å². The summed E-state index contributed by atoms with van der Waals surface area (Å²) < 4.78 is 1.68. The van der Waals surface area contributed by atoms with Gasteiger partial charge in [-0.05, 0) is 12.5 Å². The quantitative estimate of drug-likeness (QED) is 0.542. The number of aromatic nitrogens is 5. The van der Waals surface area contributed by atoms with Gasteiger partial charge in [0.1, 0.15) is 17.3 Å². The summed E-state index contributed by atoms with van der Waals surface area (Å²) in [5, 5.41) is 11.3. The fourth-order valence-electron chi connectivity index (χ4n) is 3.10. The fraction of sp³-hybridized carbons (Fsp3) is 0.409. The van der Waals surface area contributed by atoms with Crippen molar-refractivity contribution in [2.24, 2.45) is 0 Å². The van der Waals surface area contributed by atoms with Crippen molar-refractivity contribution in [3.05, 3.63) is 59.7 Å². The van der Waals surface area contributed by atoms with E-state index in [4.69, 9.17) is 5.73 Å². The monoisotopic (exact) mass is 422 g/mol. The van der Waals surface area contributed by atoms with Gasteiger partial charge in [0, 0.05) is 25.4 Å². The third-order valence-electron chi connectivity index (χ3n) is 5.16. The molecule has 0 aliphatic carbocycles. The van der Waals surface area contributed by atoms with E-state index in [0.29, 0.717) is 37.7 Å². The highest BCUT2D eigenvalue weighted by molar-refractivity contribution is 5.75. The average molecular weight is 423 g/mol. The second kappa shape index (κ2) is 9.55. The van der Waals surface area contributed by atoms with Gasteiger partial charge in [0.2, 0.25) is 5.91 Å². The number of carbonyl (C=O) groups is 1. The van der Waals surface area contributed by atoms with Gasteiger partial charge in [0.25, 0.3) is 0 Å². The molecule has 0 fully saturated rings. The van der Waals surface area contributed by atoms with Gasteiger partial charge < -0.3 is 16.0 Å². The minimum Gasteiger partial charge on any atom is -0.382 e. The van der Waals surface area contributed by atoms with Crippen LogP contribution >= 0.6 is 0 Å². The highest BCUT2D eigenvalue weighted by atomic mass is 16.1. The summed E-state index contributed by atoms with van der Waals surface area (Å²) in [6, 6.07) is 8.42. The number of hydrogen-bond donors (Lipinski definition) is 2. The van der Waals surface area contributed by atoms with E-state index in [1.165, 1.54) is 17.3 Å². The molecule has 9 nitrogen and oxygen atoms in total. The summed E-state index contributed by atoms with van der Waals surface area (Å²) in [5.74, 6) is 1.06. The molecule has 0 aliphatic rings. The lowest BCUT2D eigenvalue weighted by atomic mass is 9.84. The zero-order valence-electron chi connectivity index (χ0n) is 18.5. The van der Waals surface area contributed by atoms with Crippen LogP contribution in [0.15, 0.2) is 42.9 Å². The summed E-state index contributed by atoms with van der Waals surface area (Å²) in [6.07, 6.45) is 5.31. The Kier molecular flexibility index (Phi) is 6.84. The normalized spacial score (nSPS) is 11.4. The van der Waals surface area contributed by atoms with Crippen molar-refractivity contribution >= 4 is 17.5 Å². The number of anilines is 2. The molecule has 0 atom stereocenters. The second-order valence-electron chi connectivity index (χ2n) is 8.41. The van der Waals surface area contributed by atoms with Crippen LogP contribution in [0.25, 0.3) is 0 Å². The molecule has 164 valence electrons. The first-order chi connectivity index (χ1) is 14.7. The van der Waals surface area contributed by atoms with Crippen molar-refractivity contribution in [2.45, 2.75) is 45.7 Å². The number of aryl methyl sites for hydroxylation is 2. The standard InChI is InChI=1S/C22H30N8O/c1-16-5-7-17(8-6-16)22(2,3)15-26-21(31)9-10-30-14-18(27-28-30)13-29(4)20-12-24-19(23)11-25-20/h5-8,11-12,14H,9-10,13,15H2,1-4H3,(H2,23,24)(H,26,31). The molecule has 0 aliphatic heterocycles. The van der Waals surface area contributed by atoms with Crippen LogP contribution in [0.2, 0.25) is 0 Å². The Labute approximate surface area is 182 Å². The van der Waals surface area contributed by atoms with E-state index in [1.807, 2.05) is 18.1 Å². The molecule has 1 amide bonds. The number of carbonyl (C=O) groups excluding carboxylic acids is 1. The number of amides is 1. The SMILES string of the molecule is Cc1ccc(C(C)(C)CNC(=O)CCn2cc(CN(C)c3cnc(N)cn3)nn2)cc1.